The first-order valence-corrected chi connectivity index (χ1v) is 4.93. The molecule has 0 unspecified atom stereocenters. The third-order valence-electron chi connectivity index (χ3n) is 1.40. The highest BCUT2D eigenvalue weighted by Crippen LogP contribution is 2.11. The number of aromatic nitrogens is 2. The van der Waals surface area contributed by atoms with E-state index < -0.39 is 5.69 Å². The smallest absolute Gasteiger partial charge is 0.360 e. The van der Waals surface area contributed by atoms with Crippen LogP contribution in [0.15, 0.2) is 9.32 Å². The van der Waals surface area contributed by atoms with Gasteiger partial charge in [-0.25, -0.2) is 4.79 Å². The second-order valence-corrected chi connectivity index (χ2v) is 3.33. The quantitative estimate of drug-likeness (QED) is 0.702. The van der Waals surface area contributed by atoms with Crippen LogP contribution in [0.5, 0.6) is 0 Å². The van der Waals surface area contributed by atoms with Gasteiger partial charge in [0.2, 0.25) is 5.89 Å². The van der Waals surface area contributed by atoms with E-state index in [-0.39, 0.29) is 11.9 Å². The van der Waals surface area contributed by atoms with E-state index in [0.717, 1.165) is 12.2 Å². The number of nitrogens with two attached hydrogens (primary N) is 1. The summed E-state index contributed by atoms with van der Waals surface area (Å²) >= 11 is 1.69. The van der Waals surface area contributed by atoms with Crippen LogP contribution < -0.4 is 11.4 Å². The van der Waals surface area contributed by atoms with E-state index in [9.17, 15) is 4.79 Å². The van der Waals surface area contributed by atoms with Crippen molar-refractivity contribution in [3.63, 3.8) is 0 Å². The maximum atomic E-state index is 10.5. The number of aromatic amines is 1. The minimum absolute atomic E-state index is 0.281. The summed E-state index contributed by atoms with van der Waals surface area (Å²) in [5, 5.41) is 2.10. The summed E-state index contributed by atoms with van der Waals surface area (Å²) in [4.78, 5) is 14.1. The fourth-order valence-electron chi connectivity index (χ4n) is 0.769. The Hall–Kier alpha value is -0.750. The lowest BCUT2D eigenvalue weighted by Gasteiger charge is -2.03. The number of H-pyrrole nitrogens is 1. The summed E-state index contributed by atoms with van der Waals surface area (Å²) in [5.74, 6) is 1.21. The van der Waals surface area contributed by atoms with Crippen molar-refractivity contribution in [3.8, 4) is 0 Å². The minimum atomic E-state index is -0.482. The third kappa shape index (κ3) is 2.38. The highest BCUT2D eigenvalue weighted by atomic mass is 32.2. The first kappa shape index (κ1) is 9.34. The van der Waals surface area contributed by atoms with E-state index in [1.165, 1.54) is 0 Å². The van der Waals surface area contributed by atoms with Gasteiger partial charge in [-0.15, -0.1) is 0 Å². The molecular formula is C6H11N3O2S. The zero-order valence-electron chi connectivity index (χ0n) is 6.74. The average molecular weight is 189 g/mol. The number of hydrogen-bond acceptors (Lipinski definition) is 5. The molecule has 0 aliphatic heterocycles. The molecule has 0 aliphatic rings. The SMILES string of the molecule is CSCC[C@H](N)c1nc(=O)[nH]o1. The molecule has 0 fully saturated rings. The maximum Gasteiger partial charge on any atom is 0.377 e. The minimum Gasteiger partial charge on any atom is -0.360 e. The Labute approximate surface area is 73.7 Å². The summed E-state index contributed by atoms with van der Waals surface area (Å²) in [7, 11) is 0. The van der Waals surface area contributed by atoms with Crippen molar-refractivity contribution < 1.29 is 4.52 Å². The average Bonchev–Trinajstić information content (AvgIpc) is 2.47. The molecule has 0 aromatic carbocycles. The Morgan fingerprint density at radius 1 is 1.83 bits per heavy atom. The summed E-state index contributed by atoms with van der Waals surface area (Å²) in [6, 6.07) is -0.281. The van der Waals surface area contributed by atoms with E-state index in [1.54, 1.807) is 11.8 Å². The van der Waals surface area contributed by atoms with Crippen LogP contribution in [0.1, 0.15) is 18.4 Å². The lowest BCUT2D eigenvalue weighted by atomic mass is 10.2. The van der Waals surface area contributed by atoms with Gasteiger partial charge in [-0.05, 0) is 18.4 Å². The molecule has 6 heteroatoms. The first-order valence-electron chi connectivity index (χ1n) is 3.54. The van der Waals surface area contributed by atoms with Gasteiger partial charge in [-0.1, -0.05) is 0 Å². The highest BCUT2D eigenvalue weighted by Gasteiger charge is 2.11. The van der Waals surface area contributed by atoms with Gasteiger partial charge in [0.1, 0.15) is 0 Å². The van der Waals surface area contributed by atoms with E-state index in [2.05, 4.69) is 10.1 Å². The van der Waals surface area contributed by atoms with Gasteiger partial charge in [0.15, 0.2) is 0 Å². The summed E-state index contributed by atoms with van der Waals surface area (Å²) in [5.41, 5.74) is 5.18. The van der Waals surface area contributed by atoms with Gasteiger partial charge in [0.05, 0.1) is 6.04 Å². The van der Waals surface area contributed by atoms with Crippen LogP contribution in [0.3, 0.4) is 0 Å². The normalized spacial score (nSPS) is 13.2. The maximum absolute atomic E-state index is 10.5. The lowest BCUT2D eigenvalue weighted by Crippen LogP contribution is -2.13. The van der Waals surface area contributed by atoms with Crippen LogP contribution >= 0.6 is 11.8 Å². The zero-order valence-corrected chi connectivity index (χ0v) is 7.56. The summed E-state index contributed by atoms with van der Waals surface area (Å²) in [6.45, 7) is 0. The Morgan fingerprint density at radius 3 is 3.08 bits per heavy atom. The molecule has 0 spiro atoms. The standard InChI is InChI=1S/C6H11N3O2S/c1-12-3-2-4(7)5-8-6(10)9-11-5/h4H,2-3,7H2,1H3,(H,9,10)/t4-/m0/s1. The van der Waals surface area contributed by atoms with Crippen molar-refractivity contribution in [2.24, 2.45) is 5.73 Å². The number of nitrogens with one attached hydrogen (secondary N) is 1. The molecule has 1 aromatic heterocycles. The number of nitrogens with zero attached hydrogens (tertiary/aromatic N) is 1. The Bertz CT molecular complexity index is 282. The fraction of sp³-hybridized carbons (Fsp3) is 0.667. The fourth-order valence-corrected chi connectivity index (χ4v) is 1.26. The number of thioether (sulfide) groups is 1. The molecule has 0 amide bonds. The predicted molar refractivity (Wildman–Crippen MR) is 47.1 cm³/mol. The Kier molecular flexibility index (Phi) is 3.36. The van der Waals surface area contributed by atoms with Crippen LogP contribution in [-0.2, 0) is 0 Å². The molecule has 0 saturated carbocycles. The van der Waals surface area contributed by atoms with E-state index >= 15 is 0 Å². The topological polar surface area (TPSA) is 84.9 Å². The summed E-state index contributed by atoms with van der Waals surface area (Å²) < 4.78 is 4.74. The van der Waals surface area contributed by atoms with Gasteiger partial charge < -0.3 is 10.3 Å². The van der Waals surface area contributed by atoms with Gasteiger partial charge in [0, 0.05) is 0 Å². The molecule has 0 radical (unpaired) electrons. The molecule has 5 nitrogen and oxygen atoms in total. The molecule has 0 saturated heterocycles. The molecular weight excluding hydrogens is 178 g/mol. The third-order valence-corrected chi connectivity index (χ3v) is 2.05. The second kappa shape index (κ2) is 4.32. The molecule has 3 N–H and O–H groups in total. The molecule has 0 aliphatic carbocycles. The van der Waals surface area contributed by atoms with Crippen LogP contribution in [0.4, 0.5) is 0 Å². The molecule has 1 heterocycles. The molecule has 1 rings (SSSR count). The van der Waals surface area contributed by atoms with Crippen molar-refractivity contribution in [2.45, 2.75) is 12.5 Å². The monoisotopic (exact) mass is 189 g/mol. The molecule has 1 aromatic rings. The van der Waals surface area contributed by atoms with Crippen LogP contribution in [0.25, 0.3) is 0 Å². The number of rotatable bonds is 4. The van der Waals surface area contributed by atoms with E-state index in [1.807, 2.05) is 6.26 Å². The van der Waals surface area contributed by atoms with Crippen molar-refractivity contribution in [3.05, 3.63) is 16.4 Å². The highest BCUT2D eigenvalue weighted by molar-refractivity contribution is 7.98. The van der Waals surface area contributed by atoms with Crippen molar-refractivity contribution in [2.75, 3.05) is 12.0 Å². The first-order chi connectivity index (χ1) is 5.74. The molecule has 12 heavy (non-hydrogen) atoms. The van der Waals surface area contributed by atoms with Crippen LogP contribution in [0, 0.1) is 0 Å². The van der Waals surface area contributed by atoms with Gasteiger partial charge in [0.25, 0.3) is 0 Å². The van der Waals surface area contributed by atoms with Crippen LogP contribution in [-0.4, -0.2) is 22.1 Å². The Morgan fingerprint density at radius 2 is 2.58 bits per heavy atom. The summed E-state index contributed by atoms with van der Waals surface area (Å²) in [6.07, 6.45) is 2.75. The molecule has 68 valence electrons. The predicted octanol–water partition coefficient (Wildman–Crippen LogP) is 0.116. The lowest BCUT2D eigenvalue weighted by molar-refractivity contribution is 0.349. The van der Waals surface area contributed by atoms with Gasteiger partial charge in [-0.2, -0.15) is 21.9 Å². The zero-order chi connectivity index (χ0) is 8.97. The van der Waals surface area contributed by atoms with Gasteiger partial charge in [-0.3, -0.25) is 0 Å². The molecule has 1 atom stereocenters. The van der Waals surface area contributed by atoms with Crippen molar-refractivity contribution in [1.29, 1.82) is 0 Å². The second-order valence-electron chi connectivity index (χ2n) is 2.35. The van der Waals surface area contributed by atoms with Gasteiger partial charge >= 0.3 is 5.69 Å². The van der Waals surface area contributed by atoms with E-state index in [4.69, 9.17) is 10.3 Å². The van der Waals surface area contributed by atoms with Crippen molar-refractivity contribution in [1.82, 2.24) is 10.1 Å². The number of hydrogen-bond donors (Lipinski definition) is 2. The van der Waals surface area contributed by atoms with Crippen molar-refractivity contribution >= 4 is 11.8 Å². The molecule has 0 bridgehead atoms. The largest absolute Gasteiger partial charge is 0.377 e. The van der Waals surface area contributed by atoms with E-state index in [0.29, 0.717) is 0 Å². The van der Waals surface area contributed by atoms with Crippen LogP contribution in [0.2, 0.25) is 0 Å². The Balaban J connectivity index is 2.53.